The molecule has 0 N–H and O–H groups in total. The van der Waals surface area contributed by atoms with Crippen molar-refractivity contribution >= 4 is 11.8 Å². The second kappa shape index (κ2) is 19.8. The molecule has 0 aromatic carbocycles. The van der Waals surface area contributed by atoms with Crippen LogP contribution in [0, 0.1) is 17.2 Å². The number of rotatable bonds is 12. The minimum atomic E-state index is -0.456. The van der Waals surface area contributed by atoms with E-state index >= 15 is 0 Å². The average Bonchev–Trinajstić information content (AvgIpc) is 3.80. The molecule has 6 heteroatoms. The van der Waals surface area contributed by atoms with Gasteiger partial charge in [0.15, 0.2) is 0 Å². The molecule has 2 aliphatic rings. The number of amides is 1. The second-order valence-corrected chi connectivity index (χ2v) is 12.3. The van der Waals surface area contributed by atoms with E-state index < -0.39 is 5.60 Å². The van der Waals surface area contributed by atoms with E-state index in [1.54, 1.807) is 0 Å². The Hall–Kier alpha value is -3.33. The van der Waals surface area contributed by atoms with Gasteiger partial charge in [0, 0.05) is 49.4 Å². The van der Waals surface area contributed by atoms with Crippen LogP contribution in [0.4, 0.5) is 4.79 Å². The first-order chi connectivity index (χ1) is 20.4. The van der Waals surface area contributed by atoms with Crippen molar-refractivity contribution in [2.24, 2.45) is 10.9 Å². The smallest absolute Gasteiger partial charge is 0.410 e. The SMILES string of the molecule is C=C(/C=C(C#N)\C=C/CCC)CCC.C\C=C(C(/C(C)=N/C=C/CC)=C(/C)N1CCN(C(=O)OC(C)(C)C)CC1)\C1CC1. The number of hydrogen-bond donors (Lipinski definition) is 0. The van der Waals surface area contributed by atoms with Gasteiger partial charge in [0.25, 0.3) is 0 Å². The lowest BCUT2D eigenvalue weighted by atomic mass is 9.95. The van der Waals surface area contributed by atoms with Gasteiger partial charge in [-0.15, -0.1) is 0 Å². The molecule has 1 saturated carbocycles. The fourth-order valence-corrected chi connectivity index (χ4v) is 4.81. The normalized spacial score (nSPS) is 17.4. The van der Waals surface area contributed by atoms with Crippen LogP contribution in [0.1, 0.15) is 107 Å². The highest BCUT2D eigenvalue weighted by Gasteiger charge is 2.32. The van der Waals surface area contributed by atoms with E-state index in [9.17, 15) is 4.79 Å². The van der Waals surface area contributed by atoms with Crippen LogP contribution in [0.3, 0.4) is 0 Å². The van der Waals surface area contributed by atoms with E-state index in [4.69, 9.17) is 15.0 Å². The van der Waals surface area contributed by atoms with Crippen molar-refractivity contribution in [1.29, 1.82) is 5.26 Å². The van der Waals surface area contributed by atoms with Gasteiger partial charge in [-0.05, 0) is 97.3 Å². The van der Waals surface area contributed by atoms with Gasteiger partial charge in [0.1, 0.15) is 5.60 Å². The third kappa shape index (κ3) is 14.6. The van der Waals surface area contributed by atoms with Crippen molar-refractivity contribution in [2.75, 3.05) is 26.2 Å². The molecule has 0 radical (unpaired) electrons. The van der Waals surface area contributed by atoms with Gasteiger partial charge >= 0.3 is 6.09 Å². The van der Waals surface area contributed by atoms with Gasteiger partial charge in [-0.2, -0.15) is 5.26 Å². The quantitative estimate of drug-likeness (QED) is 0.129. The monoisotopic (exact) mass is 590 g/mol. The molecule has 43 heavy (non-hydrogen) atoms. The summed E-state index contributed by atoms with van der Waals surface area (Å²) in [4.78, 5) is 21.3. The van der Waals surface area contributed by atoms with E-state index in [0.717, 1.165) is 56.5 Å². The highest BCUT2D eigenvalue weighted by atomic mass is 16.6. The third-order valence-corrected chi connectivity index (χ3v) is 7.17. The number of hydrogen-bond acceptors (Lipinski definition) is 5. The first-order valence-electron chi connectivity index (χ1n) is 16.2. The van der Waals surface area contributed by atoms with Crippen LogP contribution in [0.15, 0.2) is 76.1 Å². The van der Waals surface area contributed by atoms with Crippen molar-refractivity contribution < 1.29 is 9.53 Å². The lowest BCUT2D eigenvalue weighted by Crippen LogP contribution is -2.49. The molecule has 1 aliphatic carbocycles. The van der Waals surface area contributed by atoms with Crippen molar-refractivity contribution in [3.8, 4) is 6.07 Å². The van der Waals surface area contributed by atoms with Crippen LogP contribution in [0.2, 0.25) is 0 Å². The van der Waals surface area contributed by atoms with Crippen LogP contribution in [-0.4, -0.2) is 53.4 Å². The Bertz CT molecular complexity index is 1130. The molecular weight excluding hydrogens is 532 g/mol. The second-order valence-electron chi connectivity index (χ2n) is 12.3. The van der Waals surface area contributed by atoms with E-state index in [1.165, 1.54) is 29.7 Å². The topological polar surface area (TPSA) is 68.9 Å². The summed E-state index contributed by atoms with van der Waals surface area (Å²) in [5.41, 5.74) is 6.32. The van der Waals surface area contributed by atoms with Crippen LogP contribution in [0.25, 0.3) is 0 Å². The predicted molar refractivity (Wildman–Crippen MR) is 183 cm³/mol. The summed E-state index contributed by atoms with van der Waals surface area (Å²) in [6.45, 7) is 25.4. The molecule has 0 aromatic rings. The summed E-state index contributed by atoms with van der Waals surface area (Å²) in [6.07, 6.45) is 19.5. The minimum absolute atomic E-state index is 0.214. The van der Waals surface area contributed by atoms with Crippen molar-refractivity contribution in [3.63, 3.8) is 0 Å². The Kier molecular flexibility index (Phi) is 17.3. The molecule has 0 aromatic heterocycles. The fraction of sp³-hybridized carbons (Fsp3) is 0.595. The molecule has 1 heterocycles. The number of nitriles is 1. The van der Waals surface area contributed by atoms with Crippen LogP contribution < -0.4 is 0 Å². The Balaban J connectivity index is 0.000000557. The molecular formula is C37H58N4O2. The molecule has 2 fully saturated rings. The molecule has 0 spiro atoms. The van der Waals surface area contributed by atoms with E-state index in [2.05, 4.69) is 71.2 Å². The Morgan fingerprint density at radius 3 is 2.16 bits per heavy atom. The maximum atomic E-state index is 12.4. The third-order valence-electron chi connectivity index (χ3n) is 7.17. The number of allylic oxidation sites excluding steroid dienone is 10. The van der Waals surface area contributed by atoms with Gasteiger partial charge in [-0.1, -0.05) is 64.0 Å². The number of ether oxygens (including phenoxy) is 1. The zero-order valence-electron chi connectivity index (χ0n) is 28.6. The van der Waals surface area contributed by atoms with Crippen LogP contribution in [0.5, 0.6) is 0 Å². The van der Waals surface area contributed by atoms with Crippen molar-refractivity contribution in [2.45, 2.75) is 113 Å². The lowest BCUT2D eigenvalue weighted by Gasteiger charge is -2.38. The van der Waals surface area contributed by atoms with Crippen molar-refractivity contribution in [1.82, 2.24) is 9.80 Å². The van der Waals surface area contributed by atoms with Gasteiger partial charge in [-0.3, -0.25) is 4.99 Å². The summed E-state index contributed by atoms with van der Waals surface area (Å²) in [6, 6.07) is 2.16. The van der Waals surface area contributed by atoms with Crippen LogP contribution in [-0.2, 0) is 4.74 Å². The molecule has 238 valence electrons. The molecule has 6 nitrogen and oxygen atoms in total. The van der Waals surface area contributed by atoms with E-state index in [0.29, 0.717) is 24.6 Å². The zero-order chi connectivity index (χ0) is 32.4. The summed E-state index contributed by atoms with van der Waals surface area (Å²) in [7, 11) is 0. The summed E-state index contributed by atoms with van der Waals surface area (Å²) in [5, 5.41) is 8.83. The van der Waals surface area contributed by atoms with Gasteiger partial charge in [-0.25, -0.2) is 4.79 Å². The van der Waals surface area contributed by atoms with Gasteiger partial charge < -0.3 is 14.5 Å². The fourth-order valence-electron chi connectivity index (χ4n) is 4.81. The first-order valence-corrected chi connectivity index (χ1v) is 16.2. The predicted octanol–water partition coefficient (Wildman–Crippen LogP) is 9.70. The Morgan fingerprint density at radius 2 is 1.67 bits per heavy atom. The zero-order valence-corrected chi connectivity index (χ0v) is 28.6. The minimum Gasteiger partial charge on any atom is -0.444 e. The van der Waals surface area contributed by atoms with Crippen molar-refractivity contribution in [3.05, 3.63) is 71.1 Å². The average molecular weight is 591 g/mol. The summed E-state index contributed by atoms with van der Waals surface area (Å²) < 4.78 is 5.53. The van der Waals surface area contributed by atoms with E-state index in [1.807, 2.05) is 50.1 Å². The Morgan fingerprint density at radius 1 is 1.05 bits per heavy atom. The van der Waals surface area contributed by atoms with Crippen LogP contribution >= 0.6 is 0 Å². The molecule has 1 amide bonds. The largest absolute Gasteiger partial charge is 0.444 e. The highest BCUT2D eigenvalue weighted by Crippen LogP contribution is 2.41. The maximum absolute atomic E-state index is 12.4. The summed E-state index contributed by atoms with van der Waals surface area (Å²) >= 11 is 0. The number of nitrogens with zero attached hydrogens (tertiary/aromatic N) is 4. The van der Waals surface area contributed by atoms with Gasteiger partial charge in [0.2, 0.25) is 0 Å². The molecule has 2 rings (SSSR count). The molecule has 0 atom stereocenters. The maximum Gasteiger partial charge on any atom is 0.410 e. The number of unbranched alkanes of at least 4 members (excludes halogenated alkanes) is 1. The van der Waals surface area contributed by atoms with E-state index in [-0.39, 0.29) is 6.09 Å². The summed E-state index contributed by atoms with van der Waals surface area (Å²) in [5.74, 6) is 0.660. The van der Waals surface area contributed by atoms with Gasteiger partial charge in [0.05, 0.1) is 11.6 Å². The number of carbonyl (C=O) groups is 1. The Labute approximate surface area is 263 Å². The number of piperazine rings is 1. The molecule has 0 unspecified atom stereocenters. The standard InChI is InChI=1S/C24H39N3O2.C13H19N/c1-8-10-13-25-18(3)22(21(9-2)20-11-12-20)19(4)26-14-16-27(17-15-26)23(28)29-24(5,6)7;1-4-6-7-9-13(11-14)10-12(3)8-5-2/h9-10,13,20H,8,11-12,14-17H2,1-7H3;7,9-10H,3-6,8H2,1-2H3/b13-10+,21-9-,22-19-,25-18+;9-7-,13-10+. The molecule has 0 bridgehead atoms. The number of aliphatic imine (C=N–C) groups is 1. The number of carbonyl (C=O) groups excluding carboxylic acids is 1. The lowest BCUT2D eigenvalue weighted by molar-refractivity contribution is 0.0168. The molecule has 1 saturated heterocycles. The highest BCUT2D eigenvalue weighted by molar-refractivity contribution is 6.03. The first kappa shape index (κ1) is 37.7. The molecule has 1 aliphatic heterocycles.